The van der Waals surface area contributed by atoms with Crippen LogP contribution >= 0.6 is 0 Å². The van der Waals surface area contributed by atoms with Crippen LogP contribution in [0.2, 0.25) is 0 Å². The van der Waals surface area contributed by atoms with Crippen LogP contribution in [-0.4, -0.2) is 14.1 Å². The Morgan fingerprint density at radius 1 is 0.316 bits per heavy atom. The molecule has 2 aliphatic rings. The van der Waals surface area contributed by atoms with Gasteiger partial charge < -0.3 is 9.80 Å². The minimum absolute atomic E-state index is 0.103. The molecular formula is C36H48N2. The molecule has 0 N–H and O–H groups in total. The van der Waals surface area contributed by atoms with Crippen LogP contribution in [0.5, 0.6) is 0 Å². The molecular weight excluding hydrogens is 460 g/mol. The molecule has 3 aromatic carbocycles. The molecule has 2 aliphatic heterocycles. The molecule has 0 aliphatic carbocycles. The van der Waals surface area contributed by atoms with Gasteiger partial charge in [-0.25, -0.2) is 0 Å². The molecule has 0 fully saturated rings. The Morgan fingerprint density at radius 3 is 0.816 bits per heavy atom. The second-order valence-electron chi connectivity index (χ2n) is 13.5. The Bertz CT molecular complexity index is 1460. The van der Waals surface area contributed by atoms with Crippen LogP contribution in [0.3, 0.4) is 0 Å². The summed E-state index contributed by atoms with van der Waals surface area (Å²) in [6.07, 6.45) is 0. The van der Waals surface area contributed by atoms with E-state index in [-0.39, 0.29) is 10.8 Å². The van der Waals surface area contributed by atoms with Crippen molar-refractivity contribution in [3.63, 3.8) is 0 Å². The zero-order valence-electron chi connectivity index (χ0n) is 26.9. The lowest BCUT2D eigenvalue weighted by molar-refractivity contribution is 0.597. The Balaban J connectivity index is 1.97. The molecule has 202 valence electrons. The number of nitrogens with zero attached hydrogens (tertiary/aromatic N) is 2. The summed E-state index contributed by atoms with van der Waals surface area (Å²) in [6.45, 7) is 33.1. The normalized spacial score (nSPS) is 16.7. The maximum absolute atomic E-state index is 2.54. The second kappa shape index (κ2) is 7.90. The smallest absolute Gasteiger partial charge is 0.0486 e. The number of anilines is 4. The average molecular weight is 509 g/mol. The molecule has 0 amide bonds. The largest absolute Gasteiger partial charge is 0.344 e. The number of fused-ring (bicyclic) bond motifs is 4. The maximum Gasteiger partial charge on any atom is 0.0486 e. The van der Waals surface area contributed by atoms with Crippen molar-refractivity contribution >= 4 is 22.7 Å². The van der Waals surface area contributed by atoms with Crippen molar-refractivity contribution in [2.45, 2.75) is 108 Å². The van der Waals surface area contributed by atoms with E-state index in [1.807, 2.05) is 0 Å². The Labute approximate surface area is 232 Å². The summed E-state index contributed by atoms with van der Waals surface area (Å²) in [6, 6.07) is 0. The van der Waals surface area contributed by atoms with Gasteiger partial charge in [0.15, 0.2) is 0 Å². The summed E-state index contributed by atoms with van der Waals surface area (Å²) in [5.41, 5.74) is 25.7. The lowest BCUT2D eigenvalue weighted by atomic mass is 9.63. The van der Waals surface area contributed by atoms with Gasteiger partial charge in [0, 0.05) is 47.7 Å². The molecule has 0 radical (unpaired) electrons. The third kappa shape index (κ3) is 2.90. The van der Waals surface area contributed by atoms with Crippen molar-refractivity contribution in [2.75, 3.05) is 23.9 Å². The van der Waals surface area contributed by atoms with Crippen molar-refractivity contribution in [1.29, 1.82) is 0 Å². The lowest BCUT2D eigenvalue weighted by Gasteiger charge is -2.50. The molecule has 0 atom stereocenters. The van der Waals surface area contributed by atoms with Crippen LogP contribution in [0.1, 0.15) is 106 Å². The highest BCUT2D eigenvalue weighted by Crippen LogP contribution is 2.61. The van der Waals surface area contributed by atoms with Crippen LogP contribution in [0.15, 0.2) is 0 Å². The molecule has 2 heteroatoms. The van der Waals surface area contributed by atoms with Crippen molar-refractivity contribution < 1.29 is 0 Å². The monoisotopic (exact) mass is 508 g/mol. The molecule has 38 heavy (non-hydrogen) atoms. The molecule has 2 heterocycles. The van der Waals surface area contributed by atoms with E-state index in [0.29, 0.717) is 0 Å². The van der Waals surface area contributed by atoms with Gasteiger partial charge >= 0.3 is 0 Å². The molecule has 0 unspecified atom stereocenters. The average Bonchev–Trinajstić information content (AvgIpc) is 2.83. The van der Waals surface area contributed by atoms with Crippen molar-refractivity contribution in [2.24, 2.45) is 0 Å². The fourth-order valence-electron chi connectivity index (χ4n) is 8.76. The van der Waals surface area contributed by atoms with E-state index in [1.54, 1.807) is 0 Å². The highest BCUT2D eigenvalue weighted by atomic mass is 15.2. The second-order valence-corrected chi connectivity index (χ2v) is 13.5. The standard InChI is InChI=1S/C36H48N2/c1-17-19(3)23(7)31-27(21(17)5)35(11,12)29-25(9)34-30(26(10)33(29)37(31)15)36(13,14)28-22(6)18(2)20(4)24(8)32(28)38(34)16/h1-16H3. The minimum atomic E-state index is -0.103. The van der Waals surface area contributed by atoms with E-state index in [1.165, 1.54) is 101 Å². The van der Waals surface area contributed by atoms with Crippen LogP contribution in [-0.2, 0) is 10.8 Å². The van der Waals surface area contributed by atoms with E-state index in [4.69, 9.17) is 0 Å². The summed E-state index contributed by atoms with van der Waals surface area (Å²) in [7, 11) is 4.62. The van der Waals surface area contributed by atoms with E-state index >= 15 is 0 Å². The van der Waals surface area contributed by atoms with Gasteiger partial charge in [-0.15, -0.1) is 0 Å². The first-order chi connectivity index (χ1) is 17.4. The predicted molar refractivity (Wildman–Crippen MR) is 167 cm³/mol. The van der Waals surface area contributed by atoms with E-state index in [0.717, 1.165) is 0 Å². The first-order valence-electron chi connectivity index (χ1n) is 14.3. The van der Waals surface area contributed by atoms with Gasteiger partial charge in [0.1, 0.15) is 0 Å². The van der Waals surface area contributed by atoms with Crippen molar-refractivity contribution in [1.82, 2.24) is 0 Å². The molecule has 0 spiro atoms. The fraction of sp³-hybridized carbons (Fsp3) is 0.500. The third-order valence-corrected chi connectivity index (χ3v) is 11.1. The summed E-state index contributed by atoms with van der Waals surface area (Å²) >= 11 is 0. The minimum Gasteiger partial charge on any atom is -0.344 e. The summed E-state index contributed by atoms with van der Waals surface area (Å²) < 4.78 is 0. The van der Waals surface area contributed by atoms with E-state index in [2.05, 4.69) is 121 Å². The van der Waals surface area contributed by atoms with Crippen LogP contribution in [0.25, 0.3) is 0 Å². The highest BCUT2D eigenvalue weighted by Gasteiger charge is 2.46. The summed E-state index contributed by atoms with van der Waals surface area (Å²) in [5, 5.41) is 0. The first-order valence-corrected chi connectivity index (χ1v) is 14.3. The van der Waals surface area contributed by atoms with Gasteiger partial charge in [-0.1, -0.05) is 27.7 Å². The molecule has 5 rings (SSSR count). The summed E-state index contributed by atoms with van der Waals surface area (Å²) in [4.78, 5) is 5.08. The van der Waals surface area contributed by atoms with Gasteiger partial charge in [-0.2, -0.15) is 0 Å². The topological polar surface area (TPSA) is 6.48 Å². The molecule has 2 nitrogen and oxygen atoms in total. The Hall–Kier alpha value is -2.74. The predicted octanol–water partition coefficient (Wildman–Crippen LogP) is 9.59. The van der Waals surface area contributed by atoms with Crippen molar-refractivity contribution in [3.05, 3.63) is 77.9 Å². The van der Waals surface area contributed by atoms with Crippen LogP contribution in [0.4, 0.5) is 22.7 Å². The molecule has 0 bridgehead atoms. The molecule has 3 aromatic rings. The number of hydrogen-bond donors (Lipinski definition) is 0. The lowest BCUT2D eigenvalue weighted by Crippen LogP contribution is -2.39. The Kier molecular flexibility index (Phi) is 5.58. The summed E-state index contributed by atoms with van der Waals surface area (Å²) in [5.74, 6) is 0. The maximum atomic E-state index is 2.54. The van der Waals surface area contributed by atoms with Gasteiger partial charge in [-0.05, 0) is 147 Å². The van der Waals surface area contributed by atoms with E-state index in [9.17, 15) is 0 Å². The van der Waals surface area contributed by atoms with Gasteiger partial charge in [0.25, 0.3) is 0 Å². The Morgan fingerprint density at radius 2 is 0.526 bits per heavy atom. The van der Waals surface area contributed by atoms with Gasteiger partial charge in [-0.3, -0.25) is 0 Å². The van der Waals surface area contributed by atoms with Gasteiger partial charge in [0.2, 0.25) is 0 Å². The third-order valence-electron chi connectivity index (χ3n) is 11.1. The quantitative estimate of drug-likeness (QED) is 0.298. The zero-order valence-corrected chi connectivity index (χ0v) is 26.9. The number of hydrogen-bond acceptors (Lipinski definition) is 2. The number of benzene rings is 3. The highest BCUT2D eigenvalue weighted by molar-refractivity contribution is 5.93. The van der Waals surface area contributed by atoms with Crippen LogP contribution in [0, 0.1) is 69.2 Å². The molecule has 0 saturated heterocycles. The van der Waals surface area contributed by atoms with Crippen LogP contribution < -0.4 is 9.80 Å². The van der Waals surface area contributed by atoms with Crippen molar-refractivity contribution in [3.8, 4) is 0 Å². The molecule has 0 saturated carbocycles. The number of rotatable bonds is 0. The zero-order chi connectivity index (χ0) is 28.5. The van der Waals surface area contributed by atoms with Gasteiger partial charge in [0.05, 0.1) is 0 Å². The molecule has 0 aromatic heterocycles. The first kappa shape index (κ1) is 26.9. The fourth-order valence-corrected chi connectivity index (χ4v) is 8.76. The van der Waals surface area contributed by atoms with E-state index < -0.39 is 0 Å². The SMILES string of the molecule is Cc1c(C)c(C)c2c(c1C)N(C)c1c(C)c3c(c(C)c1C2(C)C)N(C)c1c(C)c(C)c(C)c(C)c1C3(C)C.